The Morgan fingerprint density at radius 3 is 2.62 bits per heavy atom. The van der Waals surface area contributed by atoms with Crippen LogP contribution in [0.15, 0.2) is 103 Å². The summed E-state index contributed by atoms with van der Waals surface area (Å²) in [6.07, 6.45) is 4.24. The molecule has 2 unspecified atom stereocenters. The third-order valence-corrected chi connectivity index (χ3v) is 7.23. The number of hydrogen-bond donors (Lipinski definition) is 0. The summed E-state index contributed by atoms with van der Waals surface area (Å²) in [5.41, 5.74) is 3.67. The molecule has 3 heterocycles. The minimum Gasteiger partial charge on any atom is -0.872 e. The molecule has 2 aliphatic rings. The fourth-order valence-corrected chi connectivity index (χ4v) is 5.34. The van der Waals surface area contributed by atoms with Crippen molar-refractivity contribution in [2.75, 3.05) is 0 Å². The quantitative estimate of drug-likeness (QED) is 0.205. The monoisotopic (exact) mass is 532 g/mol. The Kier molecular flexibility index (Phi) is 6.78. The van der Waals surface area contributed by atoms with E-state index in [1.807, 2.05) is 67.6 Å². The van der Waals surface area contributed by atoms with Crippen LogP contribution in [0.3, 0.4) is 0 Å². The number of likely N-dealkylation sites (tertiary alicyclic amines) is 1. The van der Waals surface area contributed by atoms with Gasteiger partial charge in [0.2, 0.25) is 5.78 Å². The molecule has 7 heteroatoms. The fraction of sp³-hybridized carbons (Fsp3) is 0.182. The third-order valence-electron chi connectivity index (χ3n) is 7.23. The van der Waals surface area contributed by atoms with E-state index in [4.69, 9.17) is 9.47 Å². The van der Waals surface area contributed by atoms with Crippen molar-refractivity contribution in [2.45, 2.75) is 38.6 Å². The molecule has 1 amide bonds. The van der Waals surface area contributed by atoms with E-state index in [0.717, 1.165) is 22.4 Å². The van der Waals surface area contributed by atoms with Gasteiger partial charge < -0.3 is 19.5 Å². The van der Waals surface area contributed by atoms with E-state index >= 15 is 0 Å². The van der Waals surface area contributed by atoms with Crippen molar-refractivity contribution < 1.29 is 29.2 Å². The molecule has 1 saturated heterocycles. The van der Waals surface area contributed by atoms with Crippen LogP contribution in [0.1, 0.15) is 40.8 Å². The van der Waals surface area contributed by atoms with Gasteiger partial charge >= 0.3 is 0 Å². The molecule has 2 atom stereocenters. The van der Waals surface area contributed by atoms with Crippen LogP contribution in [-0.2, 0) is 29.2 Å². The summed E-state index contributed by atoms with van der Waals surface area (Å²) in [6, 6.07) is 25.1. The number of ether oxygens (including phenoxy) is 2. The molecule has 0 saturated carbocycles. The molecule has 40 heavy (non-hydrogen) atoms. The van der Waals surface area contributed by atoms with Crippen molar-refractivity contribution >= 4 is 17.4 Å². The number of rotatable bonds is 7. The van der Waals surface area contributed by atoms with Crippen LogP contribution in [0.5, 0.6) is 11.5 Å². The molecule has 1 aromatic heterocycles. The van der Waals surface area contributed by atoms with Gasteiger partial charge in [-0.1, -0.05) is 54.3 Å². The molecule has 0 aliphatic carbocycles. The number of ketones is 1. The standard InChI is InChI=1S/C33H28N2O5/c1-21-15-26-16-25(12-13-28(26)40-21)31(36)29-30(35(33(38)32(29)37)19-23-9-6-14-34-18-23)24-10-5-11-27(17-24)39-20-22-7-3-2-4-8-22/h2-14,16-18,21,30,36H,15,19-20H2,1H3. The first-order valence-electron chi connectivity index (χ1n) is 13.3. The molecule has 200 valence electrons. The number of carbonyl (C=O) groups is 2. The average molecular weight is 533 g/mol. The molecule has 1 fully saturated rings. The van der Waals surface area contributed by atoms with Crippen molar-refractivity contribution in [1.82, 2.24) is 4.90 Å². The normalized spacial score (nSPS) is 19.4. The summed E-state index contributed by atoms with van der Waals surface area (Å²) < 4.78 is 11.8. The van der Waals surface area contributed by atoms with E-state index in [1.165, 1.54) is 4.90 Å². The van der Waals surface area contributed by atoms with E-state index < -0.39 is 23.5 Å². The Bertz CT molecular complexity index is 1600. The smallest absolute Gasteiger partial charge is 0.295 e. The van der Waals surface area contributed by atoms with Gasteiger partial charge in [0.05, 0.1) is 12.6 Å². The van der Waals surface area contributed by atoms with Gasteiger partial charge in [-0.15, -0.1) is 0 Å². The maximum absolute atomic E-state index is 13.9. The van der Waals surface area contributed by atoms with Crippen molar-refractivity contribution in [3.63, 3.8) is 0 Å². The van der Waals surface area contributed by atoms with Crippen LogP contribution in [0.25, 0.3) is 5.76 Å². The van der Waals surface area contributed by atoms with Gasteiger partial charge in [0, 0.05) is 23.6 Å². The van der Waals surface area contributed by atoms with Crippen LogP contribution in [0, 0.1) is 0 Å². The number of carbonyl (C=O) groups excluding carboxylic acids is 2. The summed E-state index contributed by atoms with van der Waals surface area (Å²) in [6.45, 7) is 2.49. The number of benzene rings is 3. The molecule has 7 nitrogen and oxygen atoms in total. The maximum Gasteiger partial charge on any atom is 0.295 e. The molecular weight excluding hydrogens is 504 g/mol. The summed E-state index contributed by atoms with van der Waals surface area (Å²) in [5.74, 6) is -0.619. The van der Waals surface area contributed by atoms with Crippen molar-refractivity contribution in [3.05, 3.63) is 131 Å². The van der Waals surface area contributed by atoms with Gasteiger partial charge in [-0.2, -0.15) is 0 Å². The van der Waals surface area contributed by atoms with Crippen LogP contribution >= 0.6 is 0 Å². The minimum absolute atomic E-state index is 0.0206. The number of fused-ring (bicyclic) bond motifs is 1. The zero-order valence-electron chi connectivity index (χ0n) is 22.0. The fourth-order valence-electron chi connectivity index (χ4n) is 5.34. The molecule has 2 aliphatic heterocycles. The number of nitrogens with zero attached hydrogens (tertiary/aromatic N) is 1. The topological polar surface area (TPSA) is 93.0 Å². The number of aromatic nitrogens is 1. The van der Waals surface area contributed by atoms with Crippen LogP contribution in [0.4, 0.5) is 0 Å². The molecule has 0 radical (unpaired) electrons. The van der Waals surface area contributed by atoms with Gasteiger partial charge in [-0.05, 0) is 59.5 Å². The number of nitrogens with one attached hydrogen (secondary N) is 1. The molecule has 4 aromatic rings. The average Bonchev–Trinajstić information content (AvgIpc) is 3.48. The van der Waals surface area contributed by atoms with E-state index in [2.05, 4.69) is 4.98 Å². The van der Waals surface area contributed by atoms with Crippen LogP contribution in [-0.4, -0.2) is 22.7 Å². The van der Waals surface area contributed by atoms with Gasteiger partial charge in [0.15, 0.2) is 12.4 Å². The molecule has 6 rings (SSSR count). The highest BCUT2D eigenvalue weighted by Crippen LogP contribution is 2.41. The summed E-state index contributed by atoms with van der Waals surface area (Å²) in [4.78, 5) is 31.4. The molecule has 0 spiro atoms. The largest absolute Gasteiger partial charge is 0.872 e. The Morgan fingerprint density at radius 1 is 1.00 bits per heavy atom. The highest BCUT2D eigenvalue weighted by Gasteiger charge is 2.44. The Balaban J connectivity index is 1.41. The van der Waals surface area contributed by atoms with Crippen molar-refractivity contribution in [3.8, 4) is 11.5 Å². The van der Waals surface area contributed by atoms with Gasteiger partial charge in [0.25, 0.3) is 5.91 Å². The van der Waals surface area contributed by atoms with E-state index in [9.17, 15) is 14.7 Å². The number of H-pyrrole nitrogens is 1. The zero-order valence-corrected chi connectivity index (χ0v) is 22.0. The first-order chi connectivity index (χ1) is 19.5. The molecule has 0 bridgehead atoms. The molecule has 3 aromatic carbocycles. The Hall–Kier alpha value is -4.91. The van der Waals surface area contributed by atoms with Gasteiger partial charge in [-0.3, -0.25) is 9.59 Å². The summed E-state index contributed by atoms with van der Waals surface area (Å²) in [7, 11) is 0. The third kappa shape index (κ3) is 4.94. The van der Waals surface area contributed by atoms with E-state index in [-0.39, 0.29) is 18.2 Å². The number of pyridine rings is 1. The predicted octanol–water partition coefficient (Wildman–Crippen LogP) is 3.83. The van der Waals surface area contributed by atoms with Crippen LogP contribution < -0.4 is 19.6 Å². The second-order valence-corrected chi connectivity index (χ2v) is 10.1. The molecular formula is C33H28N2O5. The first-order valence-corrected chi connectivity index (χ1v) is 13.3. The lowest BCUT2D eigenvalue weighted by Crippen LogP contribution is -2.29. The second-order valence-electron chi connectivity index (χ2n) is 10.1. The maximum atomic E-state index is 13.9. The van der Waals surface area contributed by atoms with Crippen molar-refractivity contribution in [1.29, 1.82) is 0 Å². The predicted molar refractivity (Wildman–Crippen MR) is 146 cm³/mol. The lowest BCUT2D eigenvalue weighted by molar-refractivity contribution is -0.378. The zero-order chi connectivity index (χ0) is 27.6. The van der Waals surface area contributed by atoms with Crippen LogP contribution in [0.2, 0.25) is 0 Å². The molecule has 1 N–H and O–H groups in total. The highest BCUT2D eigenvalue weighted by atomic mass is 16.5. The highest BCUT2D eigenvalue weighted by molar-refractivity contribution is 6.46. The van der Waals surface area contributed by atoms with Gasteiger partial charge in [0.1, 0.15) is 24.2 Å². The van der Waals surface area contributed by atoms with Gasteiger partial charge in [-0.25, -0.2) is 4.98 Å². The number of aromatic amines is 1. The summed E-state index contributed by atoms with van der Waals surface area (Å²) in [5, 5.41) is 13.9. The lowest BCUT2D eigenvalue weighted by Gasteiger charge is -2.27. The summed E-state index contributed by atoms with van der Waals surface area (Å²) >= 11 is 0. The Morgan fingerprint density at radius 2 is 1.82 bits per heavy atom. The van der Waals surface area contributed by atoms with E-state index in [0.29, 0.717) is 29.9 Å². The SMILES string of the molecule is CC1Cc2cc(C([O-])=C3C(=O)C(=O)N(Cc4ccc[nH+]c4)C3c3cccc(OCc4ccccc4)c3)ccc2O1. The second kappa shape index (κ2) is 10.7. The van der Waals surface area contributed by atoms with E-state index in [1.54, 1.807) is 36.7 Å². The number of hydrogen-bond acceptors (Lipinski definition) is 5. The minimum atomic E-state index is -0.864. The number of amides is 1. The Labute approximate surface area is 232 Å². The number of Topliss-reactive ketones (excluding diaryl/α,β-unsaturated/α-hetero) is 1. The van der Waals surface area contributed by atoms with Crippen molar-refractivity contribution in [2.24, 2.45) is 0 Å². The lowest BCUT2D eigenvalue weighted by atomic mass is 9.94. The first kappa shape index (κ1) is 25.4.